The van der Waals surface area contributed by atoms with Gasteiger partial charge in [-0.25, -0.2) is 0 Å². The van der Waals surface area contributed by atoms with Crippen LogP contribution in [0.4, 0.5) is 5.69 Å². The first-order valence-electron chi connectivity index (χ1n) is 4.76. The van der Waals surface area contributed by atoms with Gasteiger partial charge in [-0.2, -0.15) is 0 Å². The third kappa shape index (κ3) is 2.53. The molecule has 1 aromatic rings. The fourth-order valence-electron chi connectivity index (χ4n) is 1.71. The summed E-state index contributed by atoms with van der Waals surface area (Å²) in [5.74, 6) is 0. The van der Waals surface area contributed by atoms with Crippen LogP contribution < -0.4 is 4.90 Å². The van der Waals surface area contributed by atoms with E-state index in [9.17, 15) is 0 Å². The molecule has 0 aromatic heterocycles. The van der Waals surface area contributed by atoms with Crippen LogP contribution in [0.2, 0.25) is 0 Å². The van der Waals surface area contributed by atoms with Crippen LogP contribution in [0.5, 0.6) is 0 Å². The molecule has 0 saturated carbocycles. The van der Waals surface area contributed by atoms with E-state index in [2.05, 4.69) is 81.3 Å². The van der Waals surface area contributed by atoms with Gasteiger partial charge in [0.2, 0.25) is 0 Å². The van der Waals surface area contributed by atoms with E-state index in [0.717, 1.165) is 6.54 Å². The van der Waals surface area contributed by atoms with Crippen LogP contribution in [0.3, 0.4) is 0 Å². The Morgan fingerprint density at radius 1 is 1.21 bits per heavy atom. The molecular weight excluding hydrogens is 400 g/mol. The normalized spacial score (nSPS) is 20.1. The van der Waals surface area contributed by atoms with Crippen LogP contribution in [0.1, 0.15) is 12.0 Å². The van der Waals surface area contributed by atoms with Crippen molar-refractivity contribution in [2.45, 2.75) is 14.8 Å². The smallest absolute Gasteiger partial charge is 0.0925 e. The summed E-state index contributed by atoms with van der Waals surface area (Å²) in [6, 6.07) is 8.83. The molecule has 1 aliphatic rings. The lowest BCUT2D eigenvalue weighted by molar-refractivity contribution is 0.966. The first kappa shape index (κ1) is 11.0. The van der Waals surface area contributed by atoms with Gasteiger partial charge in [0.05, 0.1) is 1.43 Å². The molecule has 3 heteroatoms. The van der Waals surface area contributed by atoms with E-state index in [-0.39, 0.29) is 0 Å². The van der Waals surface area contributed by atoms with Crippen LogP contribution in [-0.4, -0.2) is 14.5 Å². The Bertz CT molecular complexity index is 319. The maximum Gasteiger partial charge on any atom is 0.0925 e. The summed E-state index contributed by atoms with van der Waals surface area (Å²) in [5.41, 5.74) is 2.70. The molecule has 0 amide bonds. The van der Waals surface area contributed by atoms with E-state index >= 15 is 0 Å². The lowest BCUT2D eigenvalue weighted by Gasteiger charge is -2.19. The second-order valence-corrected chi connectivity index (χ2v) is 10.1. The van der Waals surface area contributed by atoms with Crippen molar-refractivity contribution in [1.82, 2.24) is 0 Å². The van der Waals surface area contributed by atoms with E-state index < -0.39 is 0 Å². The van der Waals surface area contributed by atoms with Crippen molar-refractivity contribution in [3.8, 4) is 0 Å². The molecule has 0 bridgehead atoms. The molecule has 1 fully saturated rings. The van der Waals surface area contributed by atoms with E-state index in [1.54, 1.807) is 0 Å². The first-order chi connectivity index (χ1) is 6.57. The van der Waals surface area contributed by atoms with Crippen molar-refractivity contribution in [2.75, 3.05) is 18.0 Å². The summed E-state index contributed by atoms with van der Waals surface area (Å²) in [6.45, 7) is 4.49. The number of rotatable bonds is 1. The third-order valence-electron chi connectivity index (χ3n) is 2.57. The summed E-state index contributed by atoms with van der Waals surface area (Å²) in [7, 11) is 0. The number of hydrogen-bond acceptors (Lipinski definition) is 1. The monoisotopic (exact) mass is 413 g/mol. The molecule has 1 saturated heterocycles. The molecule has 76 valence electrons. The quantitative estimate of drug-likeness (QED) is 0.501. The van der Waals surface area contributed by atoms with Crippen molar-refractivity contribution in [2.24, 2.45) is 0 Å². The minimum atomic E-state index is 0.431. The Hall–Kier alpha value is 0.480. The number of alkyl halides is 2. The van der Waals surface area contributed by atoms with Gasteiger partial charge in [0.25, 0.3) is 0 Å². The van der Waals surface area contributed by atoms with Crippen molar-refractivity contribution in [3.05, 3.63) is 29.8 Å². The highest BCUT2D eigenvalue weighted by Crippen LogP contribution is 2.39. The van der Waals surface area contributed by atoms with Gasteiger partial charge in [-0.15, -0.1) is 0 Å². The third-order valence-corrected chi connectivity index (χ3v) is 4.33. The molecule has 0 radical (unpaired) electrons. The number of aryl methyl sites for hydroxylation is 1. The van der Waals surface area contributed by atoms with Gasteiger partial charge < -0.3 is 4.90 Å². The van der Waals surface area contributed by atoms with Crippen molar-refractivity contribution >= 4 is 50.9 Å². The second kappa shape index (κ2) is 4.15. The standard InChI is InChI=1S/C11H13I2N/c1-9-2-4-10(5-3-9)14-7-6-11(12,13)8-14/h2-5H,6-8H2,1H3. The molecule has 14 heavy (non-hydrogen) atoms. The van der Waals surface area contributed by atoms with Crippen LogP contribution in [0.25, 0.3) is 0 Å². The van der Waals surface area contributed by atoms with Crippen LogP contribution in [-0.2, 0) is 0 Å². The molecule has 0 N–H and O–H groups in total. The highest BCUT2D eigenvalue weighted by atomic mass is 127. The lowest BCUT2D eigenvalue weighted by atomic mass is 10.2. The SMILES string of the molecule is Cc1ccc(N2CCC(I)(I)C2)cc1. The zero-order chi connectivity index (χ0) is 10.2. The average molecular weight is 413 g/mol. The summed E-state index contributed by atoms with van der Waals surface area (Å²) in [6.07, 6.45) is 1.28. The Morgan fingerprint density at radius 2 is 1.86 bits per heavy atom. The number of hydrogen-bond donors (Lipinski definition) is 0. The predicted octanol–water partition coefficient (Wildman–Crippen LogP) is 3.77. The maximum absolute atomic E-state index is 2.56. The fraction of sp³-hybridized carbons (Fsp3) is 0.455. The fourth-order valence-corrected chi connectivity index (χ4v) is 3.02. The van der Waals surface area contributed by atoms with Gasteiger partial charge in [0, 0.05) is 18.8 Å². The van der Waals surface area contributed by atoms with E-state index in [0.29, 0.717) is 1.43 Å². The van der Waals surface area contributed by atoms with E-state index in [1.807, 2.05) is 0 Å². The van der Waals surface area contributed by atoms with Gasteiger partial charge in [-0.05, 0) is 25.5 Å². The average Bonchev–Trinajstić information content (AvgIpc) is 2.47. The molecule has 2 rings (SSSR count). The number of benzene rings is 1. The Morgan fingerprint density at radius 3 is 2.36 bits per heavy atom. The number of nitrogens with zero attached hydrogens (tertiary/aromatic N) is 1. The topological polar surface area (TPSA) is 3.24 Å². The van der Waals surface area contributed by atoms with Crippen molar-refractivity contribution in [3.63, 3.8) is 0 Å². The molecule has 1 heterocycles. The molecule has 0 unspecified atom stereocenters. The van der Waals surface area contributed by atoms with Crippen LogP contribution >= 0.6 is 45.2 Å². The Labute approximate surface area is 113 Å². The van der Waals surface area contributed by atoms with Crippen molar-refractivity contribution in [1.29, 1.82) is 0 Å². The largest absolute Gasteiger partial charge is 0.369 e. The molecule has 0 aliphatic carbocycles. The molecule has 1 aliphatic heterocycles. The molecule has 1 aromatic carbocycles. The first-order valence-corrected chi connectivity index (χ1v) is 6.92. The minimum Gasteiger partial charge on any atom is -0.369 e. The highest BCUT2D eigenvalue weighted by Gasteiger charge is 2.32. The predicted molar refractivity (Wildman–Crippen MR) is 78.8 cm³/mol. The second-order valence-electron chi connectivity index (χ2n) is 3.86. The molecule has 1 nitrogen and oxygen atoms in total. The van der Waals surface area contributed by atoms with Crippen LogP contribution in [0, 0.1) is 6.92 Å². The number of halogens is 2. The van der Waals surface area contributed by atoms with Crippen molar-refractivity contribution < 1.29 is 0 Å². The van der Waals surface area contributed by atoms with Gasteiger partial charge in [-0.3, -0.25) is 0 Å². The van der Waals surface area contributed by atoms with Gasteiger partial charge >= 0.3 is 0 Å². The van der Waals surface area contributed by atoms with Gasteiger partial charge in [0.1, 0.15) is 0 Å². The maximum atomic E-state index is 2.56. The molecule has 0 atom stereocenters. The Kier molecular flexibility index (Phi) is 3.26. The van der Waals surface area contributed by atoms with E-state index in [4.69, 9.17) is 0 Å². The number of anilines is 1. The minimum absolute atomic E-state index is 0.431. The Balaban J connectivity index is 2.14. The molecule has 0 spiro atoms. The van der Waals surface area contributed by atoms with Crippen LogP contribution in [0.15, 0.2) is 24.3 Å². The lowest BCUT2D eigenvalue weighted by Crippen LogP contribution is -2.22. The summed E-state index contributed by atoms with van der Waals surface area (Å²) >= 11 is 5.12. The summed E-state index contributed by atoms with van der Waals surface area (Å²) in [5, 5.41) is 0. The zero-order valence-corrected chi connectivity index (χ0v) is 12.4. The van der Waals surface area contributed by atoms with Gasteiger partial charge in [0.15, 0.2) is 0 Å². The highest BCUT2D eigenvalue weighted by molar-refractivity contribution is 14.2. The zero-order valence-electron chi connectivity index (χ0n) is 8.13. The van der Waals surface area contributed by atoms with Gasteiger partial charge in [-0.1, -0.05) is 62.9 Å². The summed E-state index contributed by atoms with van der Waals surface area (Å²) in [4.78, 5) is 2.47. The summed E-state index contributed by atoms with van der Waals surface area (Å²) < 4.78 is 0.431. The molecular formula is C11H13I2N. The van der Waals surface area contributed by atoms with E-state index in [1.165, 1.54) is 24.2 Å².